The minimum atomic E-state index is -0.290. The van der Waals surface area contributed by atoms with Crippen LogP contribution in [0.5, 0.6) is 5.75 Å². The average molecular weight is 582 g/mol. The Morgan fingerprint density at radius 1 is 1.15 bits per heavy atom. The Hall–Kier alpha value is -2.52. The van der Waals surface area contributed by atoms with Crippen molar-refractivity contribution in [1.82, 2.24) is 14.9 Å². The van der Waals surface area contributed by atoms with E-state index in [1.165, 1.54) is 16.7 Å². The Kier molecular flexibility index (Phi) is 9.10. The number of hydrogen-bond donors (Lipinski definition) is 3. The third-order valence-electron chi connectivity index (χ3n) is 7.45. The molecule has 3 aromatic rings. The van der Waals surface area contributed by atoms with Gasteiger partial charge >= 0.3 is 0 Å². The third-order valence-corrected chi connectivity index (χ3v) is 8.81. The fraction of sp³-hybridized carbons (Fsp3) is 0.484. The summed E-state index contributed by atoms with van der Waals surface area (Å²) in [7, 11) is 0. The highest BCUT2D eigenvalue weighted by molar-refractivity contribution is 8.00. The van der Waals surface area contributed by atoms with Crippen LogP contribution >= 0.6 is 23.4 Å². The number of fused-ring (bicyclic) bond motifs is 1. The molecule has 1 saturated heterocycles. The maximum absolute atomic E-state index is 9.80. The van der Waals surface area contributed by atoms with E-state index in [0.717, 1.165) is 60.9 Å². The number of anilines is 4. The second-order valence-electron chi connectivity index (χ2n) is 11.3. The van der Waals surface area contributed by atoms with E-state index < -0.39 is 0 Å². The number of rotatable bonds is 9. The number of likely N-dealkylation sites (tertiary alicyclic amines) is 1. The molecule has 2 aromatic carbocycles. The topological polar surface area (TPSA) is 82.5 Å². The molecule has 7 nitrogen and oxygen atoms in total. The minimum Gasteiger partial charge on any atom is -0.488 e. The number of benzene rings is 2. The van der Waals surface area contributed by atoms with E-state index in [1.807, 2.05) is 25.1 Å². The second-order valence-corrected chi connectivity index (χ2v) is 13.3. The molecule has 2 unspecified atom stereocenters. The van der Waals surface area contributed by atoms with Crippen LogP contribution in [0.4, 0.5) is 23.1 Å². The molecular weight excluding hydrogens is 542 g/mol. The van der Waals surface area contributed by atoms with Crippen molar-refractivity contribution in [2.75, 3.05) is 30.3 Å². The third kappa shape index (κ3) is 6.68. The summed E-state index contributed by atoms with van der Waals surface area (Å²) in [6.45, 7) is 13.3. The van der Waals surface area contributed by atoms with Crippen molar-refractivity contribution in [3.8, 4) is 5.75 Å². The number of hydrogen-bond acceptors (Lipinski definition) is 8. The standard InChI is InChI=1S/C31H40ClN5O2S/c1-18(2)40-27-9-7-6-8-25(27)34-30-24(32)16-33-31(36-30)35-26-14-19(3)28(23-15-21(5)39-29(23)26)22-10-12-37(13-11-22)17-20(4)38/h6-9,14,16,18,20-22,38H,10-13,15,17H2,1-5H3,(H2,33,34,35,36). The van der Waals surface area contributed by atoms with Crippen LogP contribution in [0.15, 0.2) is 41.4 Å². The molecule has 3 N–H and O–H groups in total. The van der Waals surface area contributed by atoms with E-state index in [9.17, 15) is 5.11 Å². The summed E-state index contributed by atoms with van der Waals surface area (Å²) in [5.74, 6) is 2.42. The van der Waals surface area contributed by atoms with Gasteiger partial charge in [0.05, 0.1) is 23.7 Å². The van der Waals surface area contributed by atoms with Gasteiger partial charge in [-0.05, 0) is 81.9 Å². The lowest BCUT2D eigenvalue weighted by Gasteiger charge is -2.34. The first-order valence-corrected chi connectivity index (χ1v) is 15.5. The molecule has 214 valence electrons. The van der Waals surface area contributed by atoms with Gasteiger partial charge in [0, 0.05) is 28.7 Å². The highest BCUT2D eigenvalue weighted by Crippen LogP contribution is 2.46. The lowest BCUT2D eigenvalue weighted by Crippen LogP contribution is -2.37. The fourth-order valence-corrected chi connectivity index (χ4v) is 6.93. The van der Waals surface area contributed by atoms with E-state index >= 15 is 0 Å². The number of thioether (sulfide) groups is 1. The van der Waals surface area contributed by atoms with Gasteiger partial charge in [0.1, 0.15) is 16.9 Å². The molecule has 0 amide bonds. The van der Waals surface area contributed by atoms with E-state index in [1.54, 1.807) is 18.0 Å². The number of aliphatic hydroxyl groups is 1. The fourth-order valence-electron chi connectivity index (χ4n) is 5.88. The van der Waals surface area contributed by atoms with Crippen LogP contribution < -0.4 is 15.4 Å². The monoisotopic (exact) mass is 581 g/mol. The SMILES string of the molecule is Cc1cc(Nc2ncc(Cl)c(Nc3ccccc3SC(C)C)n2)c2c(c1C1CCN(CC(C)O)CC1)CC(C)O2. The van der Waals surface area contributed by atoms with Gasteiger partial charge in [-0.1, -0.05) is 37.6 Å². The second kappa shape index (κ2) is 12.6. The van der Waals surface area contributed by atoms with Gasteiger partial charge < -0.3 is 25.4 Å². The number of aromatic nitrogens is 2. The molecule has 2 aliphatic heterocycles. The molecule has 0 spiro atoms. The van der Waals surface area contributed by atoms with Gasteiger partial charge in [-0.3, -0.25) is 0 Å². The summed E-state index contributed by atoms with van der Waals surface area (Å²) in [5, 5.41) is 17.6. The Bertz CT molecular complexity index is 1340. The van der Waals surface area contributed by atoms with E-state index in [4.69, 9.17) is 21.3 Å². The quantitative estimate of drug-likeness (QED) is 0.227. The van der Waals surface area contributed by atoms with Crippen LogP contribution in [0.2, 0.25) is 5.02 Å². The van der Waals surface area contributed by atoms with Crippen molar-refractivity contribution < 1.29 is 9.84 Å². The van der Waals surface area contributed by atoms with Crippen molar-refractivity contribution in [3.05, 3.63) is 58.2 Å². The number of para-hydroxylation sites is 1. The van der Waals surface area contributed by atoms with Gasteiger partial charge in [-0.2, -0.15) is 4.98 Å². The van der Waals surface area contributed by atoms with Crippen molar-refractivity contribution in [2.45, 2.75) is 82.2 Å². The van der Waals surface area contributed by atoms with Crippen LogP contribution in [-0.2, 0) is 6.42 Å². The molecule has 0 bridgehead atoms. The van der Waals surface area contributed by atoms with Gasteiger partial charge in [0.15, 0.2) is 5.82 Å². The summed E-state index contributed by atoms with van der Waals surface area (Å²) in [5.41, 5.74) is 5.85. The van der Waals surface area contributed by atoms with Crippen LogP contribution in [0.1, 0.15) is 63.1 Å². The van der Waals surface area contributed by atoms with E-state index in [-0.39, 0.29) is 12.2 Å². The van der Waals surface area contributed by atoms with Crippen LogP contribution in [0, 0.1) is 6.92 Å². The number of halogens is 1. The normalized spacial score (nSPS) is 18.4. The predicted molar refractivity (Wildman–Crippen MR) is 166 cm³/mol. The first-order chi connectivity index (χ1) is 19.2. The Labute approximate surface area is 247 Å². The minimum absolute atomic E-state index is 0.116. The van der Waals surface area contributed by atoms with Crippen molar-refractivity contribution >= 4 is 46.5 Å². The maximum Gasteiger partial charge on any atom is 0.229 e. The molecule has 0 saturated carbocycles. The maximum atomic E-state index is 9.80. The summed E-state index contributed by atoms with van der Waals surface area (Å²) >= 11 is 8.32. The molecule has 40 heavy (non-hydrogen) atoms. The van der Waals surface area contributed by atoms with E-state index in [2.05, 4.69) is 60.3 Å². The number of ether oxygens (including phenoxy) is 1. The Morgan fingerprint density at radius 2 is 1.90 bits per heavy atom. The molecule has 9 heteroatoms. The molecule has 2 atom stereocenters. The number of nitrogens with zero attached hydrogens (tertiary/aromatic N) is 3. The average Bonchev–Trinajstić information content (AvgIpc) is 3.28. The van der Waals surface area contributed by atoms with Gasteiger partial charge in [-0.25, -0.2) is 4.98 Å². The lowest BCUT2D eigenvalue weighted by atomic mass is 9.82. The number of β-amino-alcohol motifs (C(OH)–C–C–N with tert-alkyl or cyclic N) is 1. The van der Waals surface area contributed by atoms with Gasteiger partial charge in [-0.15, -0.1) is 11.8 Å². The smallest absolute Gasteiger partial charge is 0.229 e. The number of nitrogens with one attached hydrogen (secondary N) is 2. The van der Waals surface area contributed by atoms with Crippen LogP contribution in [-0.4, -0.2) is 57.1 Å². The highest BCUT2D eigenvalue weighted by Gasteiger charge is 2.32. The van der Waals surface area contributed by atoms with Crippen molar-refractivity contribution in [1.29, 1.82) is 0 Å². The van der Waals surface area contributed by atoms with Crippen LogP contribution in [0.3, 0.4) is 0 Å². The summed E-state index contributed by atoms with van der Waals surface area (Å²) in [6.07, 6.45) is 4.53. The molecule has 5 rings (SSSR count). The van der Waals surface area contributed by atoms with Gasteiger partial charge in [0.2, 0.25) is 5.95 Å². The zero-order chi connectivity index (χ0) is 28.4. The van der Waals surface area contributed by atoms with Crippen molar-refractivity contribution in [3.63, 3.8) is 0 Å². The molecule has 1 aromatic heterocycles. The Morgan fingerprint density at radius 3 is 2.62 bits per heavy atom. The number of piperidine rings is 1. The summed E-state index contributed by atoms with van der Waals surface area (Å²) in [6, 6.07) is 10.4. The van der Waals surface area contributed by atoms with Crippen LogP contribution in [0.25, 0.3) is 0 Å². The van der Waals surface area contributed by atoms with E-state index in [0.29, 0.717) is 28.0 Å². The molecule has 1 fully saturated rings. The summed E-state index contributed by atoms with van der Waals surface area (Å²) in [4.78, 5) is 12.7. The molecule has 0 radical (unpaired) electrons. The molecule has 2 aliphatic rings. The number of aliphatic hydroxyl groups excluding tert-OH is 1. The van der Waals surface area contributed by atoms with Crippen molar-refractivity contribution in [2.24, 2.45) is 0 Å². The highest BCUT2D eigenvalue weighted by atomic mass is 35.5. The molecular formula is C31H40ClN5O2S. The molecule has 3 heterocycles. The first-order valence-electron chi connectivity index (χ1n) is 14.2. The summed E-state index contributed by atoms with van der Waals surface area (Å²) < 4.78 is 6.37. The largest absolute Gasteiger partial charge is 0.488 e. The lowest BCUT2D eigenvalue weighted by molar-refractivity contribution is 0.109. The predicted octanol–water partition coefficient (Wildman–Crippen LogP) is 7.31. The first kappa shape index (κ1) is 29.0. The molecule has 0 aliphatic carbocycles. The zero-order valence-electron chi connectivity index (χ0n) is 24.0. The zero-order valence-corrected chi connectivity index (χ0v) is 25.6. The van der Waals surface area contributed by atoms with Gasteiger partial charge in [0.25, 0.3) is 0 Å². The number of aryl methyl sites for hydroxylation is 1. The Balaban J connectivity index is 1.39.